The molecule has 16 heavy (non-hydrogen) atoms. The van der Waals surface area contributed by atoms with E-state index in [1.807, 2.05) is 0 Å². The number of hydrogen-bond acceptors (Lipinski definition) is 2. The molecule has 2 aromatic rings. The Morgan fingerprint density at radius 2 is 1.75 bits per heavy atom. The standard InChI is InChI=1S/C11H7BrF2N2/c12-7-4-5-10(15-6-7)16-11-8(13)2-1-3-9(11)14/h1-6H,(H,15,16). The van der Waals surface area contributed by atoms with Crippen LogP contribution < -0.4 is 5.32 Å². The molecule has 1 aromatic heterocycles. The molecule has 0 amide bonds. The van der Waals surface area contributed by atoms with E-state index >= 15 is 0 Å². The maximum atomic E-state index is 13.3. The zero-order chi connectivity index (χ0) is 11.5. The third-order valence-corrected chi connectivity index (χ3v) is 2.41. The fourth-order valence-electron chi connectivity index (χ4n) is 1.20. The van der Waals surface area contributed by atoms with Gasteiger partial charge < -0.3 is 5.32 Å². The van der Waals surface area contributed by atoms with Crippen molar-refractivity contribution in [1.82, 2.24) is 4.98 Å². The fraction of sp³-hybridized carbons (Fsp3) is 0. The predicted octanol–water partition coefficient (Wildman–Crippen LogP) is 3.87. The lowest BCUT2D eigenvalue weighted by Gasteiger charge is -2.07. The van der Waals surface area contributed by atoms with Crippen LogP contribution in [0.25, 0.3) is 0 Å². The number of pyridine rings is 1. The molecule has 1 heterocycles. The summed E-state index contributed by atoms with van der Waals surface area (Å²) in [4.78, 5) is 3.96. The number of benzene rings is 1. The average molecular weight is 285 g/mol. The summed E-state index contributed by atoms with van der Waals surface area (Å²) in [7, 11) is 0. The van der Waals surface area contributed by atoms with E-state index in [0.29, 0.717) is 5.82 Å². The number of halogens is 3. The lowest BCUT2D eigenvalue weighted by molar-refractivity contribution is 0.590. The van der Waals surface area contributed by atoms with E-state index in [4.69, 9.17) is 0 Å². The third-order valence-electron chi connectivity index (χ3n) is 1.94. The predicted molar refractivity (Wildman–Crippen MR) is 61.6 cm³/mol. The van der Waals surface area contributed by atoms with E-state index in [0.717, 1.165) is 4.47 Å². The van der Waals surface area contributed by atoms with Crippen LogP contribution in [0.4, 0.5) is 20.3 Å². The highest BCUT2D eigenvalue weighted by Gasteiger charge is 2.08. The third kappa shape index (κ3) is 2.36. The summed E-state index contributed by atoms with van der Waals surface area (Å²) in [5.41, 5.74) is -0.197. The molecule has 0 radical (unpaired) electrons. The Hall–Kier alpha value is -1.49. The monoisotopic (exact) mass is 284 g/mol. The minimum absolute atomic E-state index is 0.197. The van der Waals surface area contributed by atoms with Gasteiger partial charge in [0.25, 0.3) is 0 Å². The Labute approximate surface area is 99.5 Å². The van der Waals surface area contributed by atoms with Crippen LogP contribution in [0.15, 0.2) is 41.0 Å². The van der Waals surface area contributed by atoms with E-state index < -0.39 is 11.6 Å². The minimum Gasteiger partial charge on any atom is -0.335 e. The molecule has 5 heteroatoms. The minimum atomic E-state index is -0.648. The van der Waals surface area contributed by atoms with Gasteiger partial charge in [-0.15, -0.1) is 0 Å². The van der Waals surface area contributed by atoms with Gasteiger partial charge >= 0.3 is 0 Å². The van der Waals surface area contributed by atoms with Gasteiger partial charge in [-0.05, 0) is 40.2 Å². The molecule has 2 nitrogen and oxygen atoms in total. The highest BCUT2D eigenvalue weighted by molar-refractivity contribution is 9.10. The number of nitrogens with one attached hydrogen (secondary N) is 1. The van der Waals surface area contributed by atoms with E-state index in [1.54, 1.807) is 18.3 Å². The molecule has 1 N–H and O–H groups in total. The SMILES string of the molecule is Fc1cccc(F)c1Nc1ccc(Br)cn1. The largest absolute Gasteiger partial charge is 0.335 e. The van der Waals surface area contributed by atoms with E-state index in [2.05, 4.69) is 26.2 Å². The van der Waals surface area contributed by atoms with Gasteiger partial charge in [0, 0.05) is 10.7 Å². The lowest BCUT2D eigenvalue weighted by atomic mass is 10.3. The summed E-state index contributed by atoms with van der Waals surface area (Å²) in [6.45, 7) is 0. The maximum absolute atomic E-state index is 13.3. The van der Waals surface area contributed by atoms with Gasteiger partial charge in [-0.3, -0.25) is 0 Å². The second-order valence-corrected chi connectivity index (χ2v) is 4.00. The lowest BCUT2D eigenvalue weighted by Crippen LogP contribution is -1.98. The number of anilines is 2. The first-order chi connectivity index (χ1) is 7.66. The van der Waals surface area contributed by atoms with Crippen molar-refractivity contribution in [1.29, 1.82) is 0 Å². The van der Waals surface area contributed by atoms with Crippen LogP contribution in [-0.4, -0.2) is 4.98 Å². The smallest absolute Gasteiger partial charge is 0.149 e. The summed E-state index contributed by atoms with van der Waals surface area (Å²) in [6.07, 6.45) is 1.54. The Morgan fingerprint density at radius 1 is 1.06 bits per heavy atom. The fourth-order valence-corrected chi connectivity index (χ4v) is 1.43. The first-order valence-corrected chi connectivity index (χ1v) is 5.29. The quantitative estimate of drug-likeness (QED) is 0.906. The Morgan fingerprint density at radius 3 is 2.31 bits per heavy atom. The van der Waals surface area contributed by atoms with Crippen molar-refractivity contribution in [3.63, 3.8) is 0 Å². The zero-order valence-corrected chi connectivity index (χ0v) is 9.63. The maximum Gasteiger partial charge on any atom is 0.149 e. The Balaban J connectivity index is 2.30. The van der Waals surface area contributed by atoms with Crippen LogP contribution >= 0.6 is 15.9 Å². The van der Waals surface area contributed by atoms with Gasteiger partial charge in [0.15, 0.2) is 0 Å². The second-order valence-electron chi connectivity index (χ2n) is 3.08. The summed E-state index contributed by atoms with van der Waals surface area (Å²) in [5, 5.41) is 2.59. The molecule has 0 atom stereocenters. The molecule has 0 saturated heterocycles. The highest BCUT2D eigenvalue weighted by Crippen LogP contribution is 2.22. The topological polar surface area (TPSA) is 24.9 Å². The molecule has 0 aliphatic heterocycles. The van der Waals surface area contributed by atoms with E-state index in [1.165, 1.54) is 18.2 Å². The van der Waals surface area contributed by atoms with E-state index in [9.17, 15) is 8.78 Å². The molecule has 0 unspecified atom stereocenters. The molecular weight excluding hydrogens is 278 g/mol. The number of nitrogens with zero attached hydrogens (tertiary/aromatic N) is 1. The molecule has 0 saturated carbocycles. The second kappa shape index (κ2) is 4.57. The molecule has 0 bridgehead atoms. The van der Waals surface area contributed by atoms with Crippen molar-refractivity contribution >= 4 is 27.4 Å². The van der Waals surface area contributed by atoms with Crippen molar-refractivity contribution in [3.05, 3.63) is 52.6 Å². The van der Waals surface area contributed by atoms with Crippen molar-refractivity contribution in [2.24, 2.45) is 0 Å². The Bertz CT molecular complexity index is 480. The van der Waals surface area contributed by atoms with Crippen LogP contribution in [0, 0.1) is 11.6 Å². The molecule has 0 spiro atoms. The molecule has 0 aliphatic rings. The van der Waals surface area contributed by atoms with Crippen LogP contribution in [0.1, 0.15) is 0 Å². The van der Waals surface area contributed by atoms with Crippen molar-refractivity contribution in [3.8, 4) is 0 Å². The molecular formula is C11H7BrF2N2. The number of hydrogen-bond donors (Lipinski definition) is 1. The highest BCUT2D eigenvalue weighted by atomic mass is 79.9. The number of para-hydroxylation sites is 1. The van der Waals surface area contributed by atoms with Gasteiger partial charge in [0.05, 0.1) is 0 Å². The average Bonchev–Trinajstić information content (AvgIpc) is 2.26. The van der Waals surface area contributed by atoms with Crippen molar-refractivity contribution < 1.29 is 8.78 Å². The zero-order valence-electron chi connectivity index (χ0n) is 8.05. The van der Waals surface area contributed by atoms with Gasteiger partial charge in [-0.25, -0.2) is 13.8 Å². The summed E-state index contributed by atoms with van der Waals surface area (Å²) >= 11 is 3.22. The van der Waals surface area contributed by atoms with Crippen molar-refractivity contribution in [2.75, 3.05) is 5.32 Å². The first-order valence-electron chi connectivity index (χ1n) is 4.49. The summed E-state index contributed by atoms with van der Waals surface area (Å²) < 4.78 is 27.3. The van der Waals surface area contributed by atoms with Crippen LogP contribution in [0.3, 0.4) is 0 Å². The molecule has 2 rings (SSSR count). The van der Waals surface area contributed by atoms with E-state index in [-0.39, 0.29) is 5.69 Å². The van der Waals surface area contributed by atoms with Crippen molar-refractivity contribution in [2.45, 2.75) is 0 Å². The Kier molecular flexibility index (Phi) is 3.14. The molecule has 82 valence electrons. The molecule has 1 aromatic carbocycles. The normalized spacial score (nSPS) is 10.2. The number of rotatable bonds is 2. The number of aromatic nitrogens is 1. The first kappa shape index (κ1) is 11.0. The van der Waals surface area contributed by atoms with Crippen LogP contribution in [0.2, 0.25) is 0 Å². The van der Waals surface area contributed by atoms with Gasteiger partial charge in [0.1, 0.15) is 23.1 Å². The van der Waals surface area contributed by atoms with Crippen LogP contribution in [0.5, 0.6) is 0 Å². The van der Waals surface area contributed by atoms with Gasteiger partial charge in [-0.1, -0.05) is 6.07 Å². The van der Waals surface area contributed by atoms with Crippen LogP contribution in [-0.2, 0) is 0 Å². The van der Waals surface area contributed by atoms with Gasteiger partial charge in [-0.2, -0.15) is 0 Å². The molecule has 0 aliphatic carbocycles. The van der Waals surface area contributed by atoms with Gasteiger partial charge in [0.2, 0.25) is 0 Å². The molecule has 0 fully saturated rings. The summed E-state index contributed by atoms with van der Waals surface area (Å²) in [6, 6.07) is 7.03. The summed E-state index contributed by atoms with van der Waals surface area (Å²) in [5.74, 6) is -0.915.